The highest BCUT2D eigenvalue weighted by Crippen LogP contribution is 2.45. The summed E-state index contributed by atoms with van der Waals surface area (Å²) in [5.41, 5.74) is 0.424. The number of carboxylic acids is 1. The van der Waals surface area contributed by atoms with E-state index in [-0.39, 0.29) is 10.9 Å². The molecule has 0 aromatic rings. The molecule has 0 radical (unpaired) electrons. The van der Waals surface area contributed by atoms with Gasteiger partial charge in [-0.2, -0.15) is 0 Å². The van der Waals surface area contributed by atoms with Gasteiger partial charge in [-0.05, 0) is 31.1 Å². The van der Waals surface area contributed by atoms with Crippen molar-refractivity contribution in [3.63, 3.8) is 0 Å². The first-order valence-corrected chi connectivity index (χ1v) is 7.06. The summed E-state index contributed by atoms with van der Waals surface area (Å²) in [5, 5.41) is 12.4. The number of thioether (sulfide) groups is 1. The molecule has 2 rings (SSSR count). The molecule has 92 valence electrons. The van der Waals surface area contributed by atoms with Crippen molar-refractivity contribution in [2.24, 2.45) is 5.41 Å². The molecule has 1 aliphatic carbocycles. The van der Waals surface area contributed by atoms with Gasteiger partial charge in [0.1, 0.15) is 6.04 Å². The van der Waals surface area contributed by atoms with Crippen LogP contribution in [0.25, 0.3) is 0 Å². The average molecular weight is 243 g/mol. The standard InChI is InChI=1S/C12H21NO2S/c1-11(2)4-3-5-12(7-6-11)13-9(8-16-12)10(14)15/h9,13H,3-8H2,1-2H3,(H,14,15). The molecule has 0 aromatic heterocycles. The fraction of sp³-hybridized carbons (Fsp3) is 0.917. The van der Waals surface area contributed by atoms with Crippen molar-refractivity contribution in [1.82, 2.24) is 5.32 Å². The van der Waals surface area contributed by atoms with Crippen LogP contribution in [0.1, 0.15) is 46.0 Å². The molecule has 2 N–H and O–H groups in total. The van der Waals surface area contributed by atoms with Gasteiger partial charge in [0.15, 0.2) is 0 Å². The summed E-state index contributed by atoms with van der Waals surface area (Å²) in [5.74, 6) is 0.0170. The van der Waals surface area contributed by atoms with Gasteiger partial charge in [0.2, 0.25) is 0 Å². The minimum absolute atomic E-state index is 0.0524. The molecule has 1 heterocycles. The van der Waals surface area contributed by atoms with Crippen molar-refractivity contribution in [3.8, 4) is 0 Å². The lowest BCUT2D eigenvalue weighted by atomic mass is 9.85. The third kappa shape index (κ3) is 2.54. The van der Waals surface area contributed by atoms with Gasteiger partial charge in [0.25, 0.3) is 0 Å². The molecule has 0 aromatic carbocycles. The Labute approximate surface area is 101 Å². The molecule has 2 fully saturated rings. The Morgan fingerprint density at radius 2 is 2.06 bits per heavy atom. The molecule has 0 bridgehead atoms. The fourth-order valence-corrected chi connectivity index (χ4v) is 4.18. The molecular weight excluding hydrogens is 222 g/mol. The predicted molar refractivity (Wildman–Crippen MR) is 66.6 cm³/mol. The summed E-state index contributed by atoms with van der Waals surface area (Å²) in [4.78, 5) is 11.0. The Kier molecular flexibility index (Phi) is 3.23. The highest BCUT2D eigenvalue weighted by molar-refractivity contribution is 8.00. The minimum atomic E-state index is -0.701. The van der Waals surface area contributed by atoms with E-state index < -0.39 is 5.97 Å². The highest BCUT2D eigenvalue weighted by atomic mass is 32.2. The molecule has 1 saturated carbocycles. The molecule has 1 aliphatic heterocycles. The summed E-state index contributed by atoms with van der Waals surface area (Å²) in [6, 6.07) is -0.341. The van der Waals surface area contributed by atoms with Gasteiger partial charge in [-0.3, -0.25) is 10.1 Å². The summed E-state index contributed by atoms with van der Waals surface area (Å²) in [6.45, 7) is 4.64. The largest absolute Gasteiger partial charge is 0.480 e. The second-order valence-corrected chi connectivity index (χ2v) is 7.26. The number of aliphatic carboxylic acids is 1. The summed E-state index contributed by atoms with van der Waals surface area (Å²) in [6.07, 6.45) is 5.88. The number of nitrogens with one attached hydrogen (secondary N) is 1. The van der Waals surface area contributed by atoms with E-state index in [2.05, 4.69) is 19.2 Å². The van der Waals surface area contributed by atoms with Crippen LogP contribution in [0.2, 0.25) is 0 Å². The summed E-state index contributed by atoms with van der Waals surface area (Å²) < 4.78 is 0. The molecular formula is C12H21NO2S. The molecule has 2 atom stereocenters. The summed E-state index contributed by atoms with van der Waals surface area (Å²) >= 11 is 1.82. The maximum Gasteiger partial charge on any atom is 0.321 e. The zero-order chi connectivity index (χ0) is 11.8. The van der Waals surface area contributed by atoms with E-state index >= 15 is 0 Å². The number of carbonyl (C=O) groups is 1. The Hall–Kier alpha value is -0.220. The van der Waals surface area contributed by atoms with E-state index in [1.165, 1.54) is 19.3 Å². The second-order valence-electron chi connectivity index (χ2n) is 5.86. The maximum atomic E-state index is 11.0. The fourth-order valence-electron chi connectivity index (χ4n) is 2.71. The zero-order valence-electron chi connectivity index (χ0n) is 10.1. The first-order valence-electron chi connectivity index (χ1n) is 6.07. The van der Waals surface area contributed by atoms with Crippen LogP contribution < -0.4 is 5.32 Å². The molecule has 4 heteroatoms. The normalized spacial score (nSPS) is 38.5. The monoisotopic (exact) mass is 243 g/mol. The van der Waals surface area contributed by atoms with E-state index in [0.29, 0.717) is 5.41 Å². The van der Waals surface area contributed by atoms with Crippen LogP contribution in [0.3, 0.4) is 0 Å². The topological polar surface area (TPSA) is 49.3 Å². The lowest BCUT2D eigenvalue weighted by Gasteiger charge is -2.28. The first kappa shape index (κ1) is 12.2. The number of hydrogen-bond acceptors (Lipinski definition) is 3. The van der Waals surface area contributed by atoms with E-state index in [9.17, 15) is 4.79 Å². The van der Waals surface area contributed by atoms with E-state index in [4.69, 9.17) is 5.11 Å². The van der Waals surface area contributed by atoms with Crippen LogP contribution in [-0.2, 0) is 4.79 Å². The molecule has 2 unspecified atom stereocenters. The first-order chi connectivity index (χ1) is 7.43. The number of hydrogen-bond donors (Lipinski definition) is 2. The quantitative estimate of drug-likeness (QED) is 0.743. The number of carboxylic acid groups (broad SMARTS) is 1. The maximum absolute atomic E-state index is 11.0. The van der Waals surface area contributed by atoms with E-state index in [0.717, 1.165) is 18.6 Å². The SMILES string of the molecule is CC1(C)CCCC2(CC1)NC(C(=O)O)CS2. The third-order valence-corrected chi connectivity index (χ3v) is 5.48. The van der Waals surface area contributed by atoms with Gasteiger partial charge in [-0.15, -0.1) is 11.8 Å². The Balaban J connectivity index is 2.02. The molecule has 16 heavy (non-hydrogen) atoms. The predicted octanol–water partition coefficient (Wildman–Crippen LogP) is 2.46. The van der Waals surface area contributed by atoms with E-state index in [1.54, 1.807) is 0 Å². The van der Waals surface area contributed by atoms with E-state index in [1.807, 2.05) is 11.8 Å². The third-order valence-electron chi connectivity index (χ3n) is 3.90. The van der Waals surface area contributed by atoms with Gasteiger partial charge in [0, 0.05) is 5.75 Å². The van der Waals surface area contributed by atoms with Gasteiger partial charge in [-0.1, -0.05) is 20.3 Å². The number of rotatable bonds is 1. The van der Waals surface area contributed by atoms with Crippen molar-refractivity contribution >= 4 is 17.7 Å². The molecule has 0 amide bonds. The van der Waals surface area contributed by atoms with Crippen LogP contribution in [0, 0.1) is 5.41 Å². The van der Waals surface area contributed by atoms with Crippen LogP contribution >= 0.6 is 11.8 Å². The van der Waals surface area contributed by atoms with Gasteiger partial charge in [0.05, 0.1) is 4.87 Å². The molecule has 3 nitrogen and oxygen atoms in total. The zero-order valence-corrected chi connectivity index (χ0v) is 10.9. The molecule has 2 aliphatic rings. The van der Waals surface area contributed by atoms with Gasteiger partial charge in [-0.25, -0.2) is 0 Å². The Bertz CT molecular complexity index is 293. The van der Waals surface area contributed by atoms with Crippen LogP contribution in [-0.4, -0.2) is 27.7 Å². The van der Waals surface area contributed by atoms with Crippen molar-refractivity contribution in [3.05, 3.63) is 0 Å². The van der Waals surface area contributed by atoms with Crippen LogP contribution in [0.15, 0.2) is 0 Å². The lowest BCUT2D eigenvalue weighted by Crippen LogP contribution is -2.44. The Morgan fingerprint density at radius 3 is 2.69 bits per heavy atom. The summed E-state index contributed by atoms with van der Waals surface area (Å²) in [7, 11) is 0. The lowest BCUT2D eigenvalue weighted by molar-refractivity contribution is -0.138. The van der Waals surface area contributed by atoms with Crippen molar-refractivity contribution in [2.45, 2.75) is 56.9 Å². The molecule has 1 spiro atoms. The highest BCUT2D eigenvalue weighted by Gasteiger charge is 2.43. The average Bonchev–Trinajstić information content (AvgIpc) is 2.53. The van der Waals surface area contributed by atoms with Crippen molar-refractivity contribution < 1.29 is 9.90 Å². The minimum Gasteiger partial charge on any atom is -0.480 e. The van der Waals surface area contributed by atoms with Crippen molar-refractivity contribution in [1.29, 1.82) is 0 Å². The van der Waals surface area contributed by atoms with Crippen LogP contribution in [0.5, 0.6) is 0 Å². The molecule has 1 saturated heterocycles. The smallest absolute Gasteiger partial charge is 0.321 e. The van der Waals surface area contributed by atoms with Gasteiger partial charge < -0.3 is 5.11 Å². The van der Waals surface area contributed by atoms with Crippen LogP contribution in [0.4, 0.5) is 0 Å². The Morgan fingerprint density at radius 1 is 1.31 bits per heavy atom. The van der Waals surface area contributed by atoms with Crippen molar-refractivity contribution in [2.75, 3.05) is 5.75 Å². The van der Waals surface area contributed by atoms with Gasteiger partial charge >= 0.3 is 5.97 Å². The second kappa shape index (κ2) is 4.22.